The second-order valence-corrected chi connectivity index (χ2v) is 6.29. The van der Waals surface area contributed by atoms with E-state index in [1.54, 1.807) is 17.9 Å². The Balaban J connectivity index is 1.71. The maximum Gasteiger partial charge on any atom is 0.322 e. The highest BCUT2D eigenvalue weighted by molar-refractivity contribution is 5.90. The number of anilines is 1. The van der Waals surface area contributed by atoms with Crippen LogP contribution in [0.1, 0.15) is 30.1 Å². The minimum absolute atomic E-state index is 0.0592. The van der Waals surface area contributed by atoms with Gasteiger partial charge in [0.2, 0.25) is 0 Å². The van der Waals surface area contributed by atoms with E-state index >= 15 is 0 Å². The molecule has 1 fully saturated rings. The van der Waals surface area contributed by atoms with E-state index in [0.717, 1.165) is 12.8 Å². The molecule has 0 saturated heterocycles. The molecule has 0 heterocycles. The van der Waals surface area contributed by atoms with Gasteiger partial charge in [0, 0.05) is 17.3 Å². The van der Waals surface area contributed by atoms with Gasteiger partial charge < -0.3 is 15.3 Å². The van der Waals surface area contributed by atoms with Gasteiger partial charge in [-0.05, 0) is 49.6 Å². The third kappa shape index (κ3) is 4.14. The average molecular weight is 346 g/mol. The molecule has 1 saturated carbocycles. The molecule has 25 heavy (non-hydrogen) atoms. The third-order valence-electron chi connectivity index (χ3n) is 4.38. The van der Waals surface area contributed by atoms with Crippen LogP contribution in [0.15, 0.2) is 42.5 Å². The molecule has 0 radical (unpaired) electrons. The van der Waals surface area contributed by atoms with Crippen molar-refractivity contribution in [2.24, 2.45) is 0 Å². The number of rotatable bonds is 5. The molecule has 1 aliphatic rings. The molecule has 1 aliphatic carbocycles. The summed E-state index contributed by atoms with van der Waals surface area (Å²) < 4.78 is 26.6. The van der Waals surface area contributed by atoms with Gasteiger partial charge in [-0.15, -0.1) is 0 Å². The number of carbonyl (C=O) groups excluding carboxylic acids is 1. The Kier molecular flexibility index (Phi) is 4.99. The normalized spacial score (nSPS) is 14.9. The molecular weight excluding hydrogens is 326 g/mol. The number of aliphatic hydroxyl groups excluding tert-OH is 1. The Morgan fingerprint density at radius 1 is 1.24 bits per heavy atom. The van der Waals surface area contributed by atoms with Crippen LogP contribution in [0, 0.1) is 18.6 Å². The molecule has 132 valence electrons. The van der Waals surface area contributed by atoms with E-state index in [1.807, 2.05) is 0 Å². The minimum atomic E-state index is -0.916. The van der Waals surface area contributed by atoms with Gasteiger partial charge in [-0.2, -0.15) is 0 Å². The molecule has 1 atom stereocenters. The smallest absolute Gasteiger partial charge is 0.322 e. The van der Waals surface area contributed by atoms with Crippen molar-refractivity contribution in [3.63, 3.8) is 0 Å². The molecule has 3 rings (SSSR count). The van der Waals surface area contributed by atoms with Gasteiger partial charge in [0.05, 0.1) is 12.6 Å². The number of halogens is 2. The van der Waals surface area contributed by atoms with Crippen molar-refractivity contribution in [2.45, 2.75) is 31.9 Å². The number of amides is 2. The summed E-state index contributed by atoms with van der Waals surface area (Å²) in [7, 11) is 0. The number of nitrogens with zero attached hydrogens (tertiary/aromatic N) is 1. The molecule has 4 nitrogen and oxygen atoms in total. The Morgan fingerprint density at radius 3 is 2.56 bits per heavy atom. The first-order valence-electron chi connectivity index (χ1n) is 8.22. The highest BCUT2D eigenvalue weighted by Gasteiger charge is 2.34. The van der Waals surface area contributed by atoms with Crippen LogP contribution in [-0.2, 0) is 0 Å². The van der Waals surface area contributed by atoms with Crippen LogP contribution in [-0.4, -0.2) is 28.6 Å². The highest BCUT2D eigenvalue weighted by Crippen LogP contribution is 2.30. The lowest BCUT2D eigenvalue weighted by Crippen LogP contribution is -2.39. The van der Waals surface area contributed by atoms with Gasteiger partial charge in [0.25, 0.3) is 0 Å². The number of urea groups is 1. The molecule has 0 spiro atoms. The van der Waals surface area contributed by atoms with Crippen molar-refractivity contribution < 1.29 is 18.7 Å². The molecule has 2 N–H and O–H groups in total. The van der Waals surface area contributed by atoms with Crippen molar-refractivity contribution in [2.75, 3.05) is 11.9 Å². The zero-order valence-corrected chi connectivity index (χ0v) is 13.9. The second-order valence-electron chi connectivity index (χ2n) is 6.29. The standard InChI is InChI=1S/C19H20F2N2O2/c1-12-16(21)3-2-4-17(12)22-19(25)23(15-9-10-15)11-18(24)13-5-7-14(20)8-6-13/h2-8,15,18,24H,9-11H2,1H3,(H,22,25). The first-order valence-corrected chi connectivity index (χ1v) is 8.22. The Morgan fingerprint density at radius 2 is 1.92 bits per heavy atom. The minimum Gasteiger partial charge on any atom is -0.387 e. The lowest BCUT2D eigenvalue weighted by Gasteiger charge is -2.26. The van der Waals surface area contributed by atoms with Crippen LogP contribution in [0.2, 0.25) is 0 Å². The van der Waals surface area contributed by atoms with E-state index in [4.69, 9.17) is 0 Å². The van der Waals surface area contributed by atoms with Gasteiger partial charge in [0.1, 0.15) is 11.6 Å². The summed E-state index contributed by atoms with van der Waals surface area (Å²) in [4.78, 5) is 14.2. The Labute approximate surface area is 145 Å². The van der Waals surface area contributed by atoms with Crippen molar-refractivity contribution >= 4 is 11.7 Å². The summed E-state index contributed by atoms with van der Waals surface area (Å²) in [5, 5.41) is 13.1. The summed E-state index contributed by atoms with van der Waals surface area (Å²) in [5.74, 6) is -0.767. The topological polar surface area (TPSA) is 52.6 Å². The SMILES string of the molecule is Cc1c(F)cccc1NC(=O)N(CC(O)c1ccc(F)cc1)C1CC1. The molecule has 2 aromatic rings. The fourth-order valence-corrected chi connectivity index (χ4v) is 2.69. The number of nitrogens with one attached hydrogen (secondary N) is 1. The van der Waals surface area contributed by atoms with Crippen molar-refractivity contribution in [1.82, 2.24) is 4.90 Å². The van der Waals surface area contributed by atoms with Crippen LogP contribution in [0.3, 0.4) is 0 Å². The van der Waals surface area contributed by atoms with Crippen LogP contribution >= 0.6 is 0 Å². The second kappa shape index (κ2) is 7.19. The third-order valence-corrected chi connectivity index (χ3v) is 4.38. The van der Waals surface area contributed by atoms with Crippen molar-refractivity contribution in [3.05, 3.63) is 65.2 Å². The molecule has 0 bridgehead atoms. The first kappa shape index (κ1) is 17.4. The molecule has 1 unspecified atom stereocenters. The summed E-state index contributed by atoms with van der Waals surface area (Å²) in [6.45, 7) is 1.69. The lowest BCUT2D eigenvalue weighted by molar-refractivity contribution is 0.123. The summed E-state index contributed by atoms with van der Waals surface area (Å²) in [6, 6.07) is 9.74. The number of hydrogen-bond acceptors (Lipinski definition) is 2. The fraction of sp³-hybridized carbons (Fsp3) is 0.316. The largest absolute Gasteiger partial charge is 0.387 e. The molecule has 0 aromatic heterocycles. The number of hydrogen-bond donors (Lipinski definition) is 2. The van der Waals surface area contributed by atoms with Crippen molar-refractivity contribution in [1.29, 1.82) is 0 Å². The maximum absolute atomic E-state index is 13.6. The predicted molar refractivity (Wildman–Crippen MR) is 91.2 cm³/mol. The van der Waals surface area contributed by atoms with E-state index in [1.165, 1.54) is 36.4 Å². The van der Waals surface area contributed by atoms with E-state index < -0.39 is 6.10 Å². The predicted octanol–water partition coefficient (Wildman–Crippen LogP) is 4.00. The van der Waals surface area contributed by atoms with E-state index in [-0.39, 0.29) is 30.3 Å². The average Bonchev–Trinajstić information content (AvgIpc) is 3.42. The monoisotopic (exact) mass is 346 g/mol. The zero-order chi connectivity index (χ0) is 18.0. The van der Waals surface area contributed by atoms with E-state index in [0.29, 0.717) is 16.8 Å². The Hall–Kier alpha value is -2.47. The van der Waals surface area contributed by atoms with Gasteiger partial charge in [-0.1, -0.05) is 18.2 Å². The van der Waals surface area contributed by atoms with Crippen LogP contribution < -0.4 is 5.32 Å². The quantitative estimate of drug-likeness (QED) is 0.860. The number of benzene rings is 2. The molecule has 2 aromatic carbocycles. The maximum atomic E-state index is 13.6. The van der Waals surface area contributed by atoms with E-state index in [9.17, 15) is 18.7 Å². The van der Waals surface area contributed by atoms with Crippen molar-refractivity contribution in [3.8, 4) is 0 Å². The van der Waals surface area contributed by atoms with E-state index in [2.05, 4.69) is 5.32 Å². The van der Waals surface area contributed by atoms with Crippen LogP contribution in [0.5, 0.6) is 0 Å². The molecular formula is C19H20F2N2O2. The summed E-state index contributed by atoms with van der Waals surface area (Å²) in [6.07, 6.45) is 0.817. The first-order chi connectivity index (χ1) is 12.0. The van der Waals surface area contributed by atoms with Gasteiger partial charge >= 0.3 is 6.03 Å². The van der Waals surface area contributed by atoms with Gasteiger partial charge in [-0.3, -0.25) is 0 Å². The molecule has 2 amide bonds. The van der Waals surface area contributed by atoms with Crippen LogP contribution in [0.4, 0.5) is 19.3 Å². The van der Waals surface area contributed by atoms with Crippen LogP contribution in [0.25, 0.3) is 0 Å². The summed E-state index contributed by atoms with van der Waals surface area (Å²) in [5.41, 5.74) is 1.32. The lowest BCUT2D eigenvalue weighted by atomic mass is 10.1. The highest BCUT2D eigenvalue weighted by atomic mass is 19.1. The molecule has 6 heteroatoms. The van der Waals surface area contributed by atoms with Gasteiger partial charge in [-0.25, -0.2) is 13.6 Å². The zero-order valence-electron chi connectivity index (χ0n) is 13.9. The molecule has 0 aliphatic heterocycles. The number of aliphatic hydroxyl groups is 1. The van der Waals surface area contributed by atoms with Gasteiger partial charge in [0.15, 0.2) is 0 Å². The Bertz CT molecular complexity index is 761. The number of carbonyl (C=O) groups is 1. The summed E-state index contributed by atoms with van der Waals surface area (Å²) >= 11 is 0. The fourth-order valence-electron chi connectivity index (χ4n) is 2.69.